The Labute approximate surface area is 206 Å². The first-order valence-corrected chi connectivity index (χ1v) is 11.6. The molecule has 6 heteroatoms. The second-order valence-electron chi connectivity index (χ2n) is 9.58. The van der Waals surface area contributed by atoms with Gasteiger partial charge in [-0.2, -0.15) is 4.73 Å². The van der Waals surface area contributed by atoms with E-state index in [1.54, 1.807) is 19.1 Å². The average molecular weight is 482 g/mol. The van der Waals surface area contributed by atoms with Crippen LogP contribution in [0.15, 0.2) is 42.5 Å². The molecule has 1 atom stereocenters. The van der Waals surface area contributed by atoms with Gasteiger partial charge in [-0.25, -0.2) is 4.79 Å². The number of ether oxygens (including phenoxy) is 2. The van der Waals surface area contributed by atoms with Gasteiger partial charge in [0, 0.05) is 28.6 Å². The zero-order valence-electron chi connectivity index (χ0n) is 21.1. The first-order chi connectivity index (χ1) is 15.9. The summed E-state index contributed by atoms with van der Waals surface area (Å²) < 4.78 is 12.2. The predicted octanol–water partition coefficient (Wildman–Crippen LogP) is 6.57. The molecule has 0 fully saturated rings. The van der Waals surface area contributed by atoms with Crippen molar-refractivity contribution in [1.29, 1.82) is 0 Å². The van der Waals surface area contributed by atoms with Gasteiger partial charge in [0.15, 0.2) is 11.8 Å². The van der Waals surface area contributed by atoms with E-state index in [0.29, 0.717) is 22.0 Å². The first kappa shape index (κ1) is 25.7. The van der Waals surface area contributed by atoms with E-state index in [2.05, 4.69) is 0 Å². The Balaban J connectivity index is 2.44. The van der Waals surface area contributed by atoms with Crippen molar-refractivity contribution in [1.82, 2.24) is 0 Å². The summed E-state index contributed by atoms with van der Waals surface area (Å²) in [5, 5.41) is 14.3. The summed E-state index contributed by atoms with van der Waals surface area (Å²) in [7, 11) is 1.32. The number of pyridine rings is 1. The number of esters is 1. The Morgan fingerprint density at radius 3 is 2.09 bits per heavy atom. The number of aryl methyl sites for hydroxylation is 2. The van der Waals surface area contributed by atoms with Crippen molar-refractivity contribution in [2.45, 2.75) is 60.2 Å². The van der Waals surface area contributed by atoms with Crippen LogP contribution in [0, 0.1) is 32.9 Å². The van der Waals surface area contributed by atoms with E-state index in [1.807, 2.05) is 71.9 Å². The quantitative estimate of drug-likeness (QED) is 0.235. The minimum absolute atomic E-state index is 0.378. The third-order valence-electron chi connectivity index (χ3n) is 5.96. The molecule has 0 bridgehead atoms. The molecule has 0 N–H and O–H groups in total. The van der Waals surface area contributed by atoms with Crippen molar-refractivity contribution in [3.63, 3.8) is 0 Å². The molecular formula is C28H32ClNO4. The SMILES string of the molecule is COC(=O)[C@@H](OC(C)(C)C)c1c(-c2ccc(Cl)cc2)c(C)c(-c2ccc(C)c(C)c2)[n+]([O-])c1C. The largest absolute Gasteiger partial charge is 0.618 e. The molecule has 0 aliphatic carbocycles. The lowest BCUT2D eigenvalue weighted by molar-refractivity contribution is -0.601. The van der Waals surface area contributed by atoms with Crippen molar-refractivity contribution in [3.05, 3.63) is 80.6 Å². The Bertz CT molecular complexity index is 1230. The van der Waals surface area contributed by atoms with E-state index < -0.39 is 17.7 Å². The van der Waals surface area contributed by atoms with Crippen molar-refractivity contribution in [3.8, 4) is 22.4 Å². The Kier molecular flexibility index (Phi) is 7.39. The number of carbonyl (C=O) groups is 1. The molecule has 0 aliphatic rings. The summed E-state index contributed by atoms with van der Waals surface area (Å²) in [5.74, 6) is -0.563. The van der Waals surface area contributed by atoms with Crippen molar-refractivity contribution in [2.24, 2.45) is 0 Å². The first-order valence-electron chi connectivity index (χ1n) is 11.2. The summed E-state index contributed by atoms with van der Waals surface area (Å²) in [4.78, 5) is 13.0. The molecule has 0 amide bonds. The van der Waals surface area contributed by atoms with Crippen LogP contribution in [0.3, 0.4) is 0 Å². The van der Waals surface area contributed by atoms with Gasteiger partial charge in [-0.1, -0.05) is 29.8 Å². The van der Waals surface area contributed by atoms with Crippen molar-refractivity contribution < 1.29 is 19.0 Å². The van der Waals surface area contributed by atoms with Crippen LogP contribution in [-0.2, 0) is 14.3 Å². The molecule has 34 heavy (non-hydrogen) atoms. The molecule has 0 aliphatic heterocycles. The van der Waals surface area contributed by atoms with E-state index in [9.17, 15) is 10.0 Å². The lowest BCUT2D eigenvalue weighted by atomic mass is 9.88. The standard InChI is InChI=1S/C28H32ClNO4/c1-16-9-10-21(15-17(16)2)25-18(3)23(20-11-13-22(29)14-12-20)24(19(4)30(25)32)26(27(31)33-8)34-28(5,6)7/h9-15,26H,1-8H3/t26-/m0/s1. The van der Waals surface area contributed by atoms with Gasteiger partial charge in [0.1, 0.15) is 0 Å². The third-order valence-corrected chi connectivity index (χ3v) is 6.21. The number of halogens is 1. The summed E-state index contributed by atoms with van der Waals surface area (Å²) in [6, 6.07) is 13.3. The fraction of sp³-hybridized carbons (Fsp3) is 0.357. The highest BCUT2D eigenvalue weighted by Gasteiger charge is 2.37. The third kappa shape index (κ3) is 5.11. The molecule has 0 saturated carbocycles. The number of methoxy groups -OCH3 is 1. The van der Waals surface area contributed by atoms with E-state index in [0.717, 1.165) is 38.1 Å². The molecule has 0 unspecified atom stereocenters. The lowest BCUT2D eigenvalue weighted by Gasteiger charge is -2.29. The van der Waals surface area contributed by atoms with Gasteiger partial charge in [-0.05, 0) is 82.5 Å². The fourth-order valence-electron chi connectivity index (χ4n) is 4.15. The van der Waals surface area contributed by atoms with Crippen LogP contribution in [0.25, 0.3) is 22.4 Å². The van der Waals surface area contributed by atoms with Crippen molar-refractivity contribution >= 4 is 17.6 Å². The van der Waals surface area contributed by atoms with Gasteiger partial charge in [0.05, 0.1) is 18.3 Å². The topological polar surface area (TPSA) is 62.5 Å². The predicted molar refractivity (Wildman–Crippen MR) is 136 cm³/mol. The zero-order chi connectivity index (χ0) is 25.4. The average Bonchev–Trinajstić information content (AvgIpc) is 2.77. The molecule has 3 aromatic rings. The molecule has 0 radical (unpaired) electrons. The van der Waals surface area contributed by atoms with Gasteiger partial charge in [-0.3, -0.25) is 0 Å². The summed E-state index contributed by atoms with van der Waals surface area (Å²) in [6.45, 7) is 13.3. The van der Waals surface area contributed by atoms with Crippen LogP contribution < -0.4 is 4.73 Å². The smallest absolute Gasteiger partial charge is 0.339 e. The van der Waals surface area contributed by atoms with Crippen LogP contribution in [0.4, 0.5) is 0 Å². The van der Waals surface area contributed by atoms with Gasteiger partial charge in [0.2, 0.25) is 5.69 Å². The Hall–Kier alpha value is -2.89. The summed E-state index contributed by atoms with van der Waals surface area (Å²) >= 11 is 6.16. The second-order valence-corrected chi connectivity index (χ2v) is 10.0. The second kappa shape index (κ2) is 9.77. The normalized spacial score (nSPS) is 12.5. The molecule has 0 spiro atoms. The maximum atomic E-state index is 13.7. The molecule has 180 valence electrons. The highest BCUT2D eigenvalue weighted by Crippen LogP contribution is 2.40. The number of hydrogen-bond acceptors (Lipinski definition) is 4. The van der Waals surface area contributed by atoms with Crippen LogP contribution in [0.5, 0.6) is 0 Å². The lowest BCUT2D eigenvalue weighted by Crippen LogP contribution is -2.39. The number of hydrogen-bond donors (Lipinski definition) is 0. The maximum Gasteiger partial charge on any atom is 0.339 e. The molecule has 2 aromatic carbocycles. The van der Waals surface area contributed by atoms with Crippen LogP contribution in [0.1, 0.15) is 54.8 Å². The molecular weight excluding hydrogens is 450 g/mol. The van der Waals surface area contributed by atoms with Gasteiger partial charge in [-0.15, -0.1) is 0 Å². The van der Waals surface area contributed by atoms with Crippen LogP contribution in [0.2, 0.25) is 5.02 Å². The van der Waals surface area contributed by atoms with Crippen LogP contribution >= 0.6 is 11.6 Å². The Morgan fingerprint density at radius 2 is 1.56 bits per heavy atom. The highest BCUT2D eigenvalue weighted by molar-refractivity contribution is 6.30. The van der Waals surface area contributed by atoms with E-state index in [-0.39, 0.29) is 0 Å². The van der Waals surface area contributed by atoms with Gasteiger partial charge >= 0.3 is 5.97 Å². The Morgan fingerprint density at radius 1 is 0.971 bits per heavy atom. The molecule has 1 aromatic heterocycles. The molecule has 3 rings (SSSR count). The minimum Gasteiger partial charge on any atom is -0.618 e. The van der Waals surface area contributed by atoms with Crippen LogP contribution in [-0.4, -0.2) is 18.7 Å². The summed E-state index contributed by atoms with van der Waals surface area (Å²) in [5.41, 5.74) is 6.13. The monoisotopic (exact) mass is 481 g/mol. The molecule has 1 heterocycles. The van der Waals surface area contributed by atoms with Gasteiger partial charge < -0.3 is 14.7 Å². The molecule has 5 nitrogen and oxygen atoms in total. The highest BCUT2D eigenvalue weighted by atomic mass is 35.5. The van der Waals surface area contributed by atoms with Gasteiger partial charge in [0.25, 0.3) is 0 Å². The van der Waals surface area contributed by atoms with E-state index >= 15 is 0 Å². The number of carbonyl (C=O) groups excluding carboxylic acids is 1. The van der Waals surface area contributed by atoms with E-state index in [1.165, 1.54) is 7.11 Å². The molecule has 0 saturated heterocycles. The van der Waals surface area contributed by atoms with E-state index in [4.69, 9.17) is 21.1 Å². The number of rotatable bonds is 5. The number of benzene rings is 2. The zero-order valence-corrected chi connectivity index (χ0v) is 21.8. The maximum absolute atomic E-state index is 13.7. The number of nitrogens with zero attached hydrogens (tertiary/aromatic N) is 1. The fourth-order valence-corrected chi connectivity index (χ4v) is 4.27. The summed E-state index contributed by atoms with van der Waals surface area (Å²) in [6.07, 6.45) is -1.08. The van der Waals surface area contributed by atoms with Crippen molar-refractivity contribution in [2.75, 3.05) is 7.11 Å². The number of aromatic nitrogens is 1. The minimum atomic E-state index is -1.08.